The fraction of sp³-hybridized carbons (Fsp3) is 1.00. The molecule has 1 nitrogen and oxygen atoms in total. The van der Waals surface area contributed by atoms with E-state index in [1.807, 2.05) is 0 Å². The summed E-state index contributed by atoms with van der Waals surface area (Å²) in [4.78, 5) is 0. The van der Waals surface area contributed by atoms with E-state index in [0.29, 0.717) is 0 Å². The first-order valence-electron chi connectivity index (χ1n) is 9.49. The van der Waals surface area contributed by atoms with Gasteiger partial charge >= 0.3 is 0 Å². The van der Waals surface area contributed by atoms with Crippen molar-refractivity contribution in [3.8, 4) is 0 Å². The van der Waals surface area contributed by atoms with Gasteiger partial charge in [-0.05, 0) is 37.0 Å². The summed E-state index contributed by atoms with van der Waals surface area (Å²) < 4.78 is 0. The molecule has 118 valence electrons. The molecule has 0 heterocycles. The van der Waals surface area contributed by atoms with Gasteiger partial charge in [-0.2, -0.15) is 0 Å². The van der Waals surface area contributed by atoms with Crippen molar-refractivity contribution in [3.05, 3.63) is 0 Å². The Morgan fingerprint density at radius 1 is 0.850 bits per heavy atom. The van der Waals surface area contributed by atoms with Crippen LogP contribution in [0, 0.1) is 17.8 Å². The van der Waals surface area contributed by atoms with E-state index in [1.165, 1.54) is 77.0 Å². The Hall–Kier alpha value is -0.0400. The van der Waals surface area contributed by atoms with Gasteiger partial charge in [-0.15, -0.1) is 0 Å². The van der Waals surface area contributed by atoms with Crippen molar-refractivity contribution in [2.45, 2.75) is 103 Å². The third-order valence-corrected chi connectivity index (χ3v) is 5.95. The van der Waals surface area contributed by atoms with Gasteiger partial charge in [0, 0.05) is 0 Å². The van der Waals surface area contributed by atoms with Crippen molar-refractivity contribution in [1.29, 1.82) is 0 Å². The van der Waals surface area contributed by atoms with E-state index < -0.39 is 0 Å². The topological polar surface area (TPSA) is 20.2 Å². The molecule has 1 N–H and O–H groups in total. The van der Waals surface area contributed by atoms with Crippen LogP contribution in [0.15, 0.2) is 0 Å². The van der Waals surface area contributed by atoms with Crippen LogP contribution < -0.4 is 0 Å². The standard InChI is InChI=1S/C19H36O/c1-2-3-4-5-6-7-8-10-16-11-9-12-17-13-14-18(20)15-19(16)17/h16-20H,2-15H2,1H3. The second kappa shape index (κ2) is 9.07. The van der Waals surface area contributed by atoms with E-state index >= 15 is 0 Å². The van der Waals surface area contributed by atoms with E-state index in [9.17, 15) is 5.11 Å². The summed E-state index contributed by atoms with van der Waals surface area (Å²) in [5.74, 6) is 2.77. The van der Waals surface area contributed by atoms with Crippen LogP contribution in [0.5, 0.6) is 0 Å². The lowest BCUT2D eigenvalue weighted by Gasteiger charge is -2.43. The molecule has 0 aromatic heterocycles. The SMILES string of the molecule is CCCCCCCCCC1CCCC2CCC(O)CC12. The van der Waals surface area contributed by atoms with Gasteiger partial charge in [0.05, 0.1) is 6.10 Å². The van der Waals surface area contributed by atoms with Crippen LogP contribution in [-0.4, -0.2) is 11.2 Å². The Kier molecular flexibility index (Phi) is 7.41. The van der Waals surface area contributed by atoms with Crippen LogP contribution >= 0.6 is 0 Å². The third kappa shape index (κ3) is 5.06. The third-order valence-electron chi connectivity index (χ3n) is 5.95. The summed E-state index contributed by atoms with van der Waals surface area (Å²) in [5, 5.41) is 9.96. The number of unbranched alkanes of at least 4 members (excludes halogenated alkanes) is 6. The molecule has 1 heteroatoms. The monoisotopic (exact) mass is 280 g/mol. The quantitative estimate of drug-likeness (QED) is 0.565. The van der Waals surface area contributed by atoms with E-state index in [-0.39, 0.29) is 6.10 Å². The van der Waals surface area contributed by atoms with Gasteiger partial charge < -0.3 is 5.11 Å². The van der Waals surface area contributed by atoms with Crippen molar-refractivity contribution in [2.75, 3.05) is 0 Å². The van der Waals surface area contributed by atoms with Crippen molar-refractivity contribution in [3.63, 3.8) is 0 Å². The van der Waals surface area contributed by atoms with E-state index in [1.54, 1.807) is 0 Å². The first-order valence-corrected chi connectivity index (χ1v) is 9.49. The molecule has 0 bridgehead atoms. The van der Waals surface area contributed by atoms with Crippen LogP contribution in [0.25, 0.3) is 0 Å². The lowest BCUT2D eigenvalue weighted by atomic mass is 9.64. The fourth-order valence-corrected chi connectivity index (χ4v) is 4.76. The smallest absolute Gasteiger partial charge is 0.0543 e. The summed E-state index contributed by atoms with van der Waals surface area (Å²) in [5.41, 5.74) is 0. The Bertz CT molecular complexity index is 250. The normalized spacial score (nSPS) is 33.9. The van der Waals surface area contributed by atoms with Gasteiger partial charge in [0.2, 0.25) is 0 Å². The lowest BCUT2D eigenvalue weighted by Crippen LogP contribution is -2.35. The second-order valence-electron chi connectivity index (χ2n) is 7.49. The minimum Gasteiger partial charge on any atom is -0.393 e. The Balaban J connectivity index is 1.61. The van der Waals surface area contributed by atoms with Crippen LogP contribution in [0.2, 0.25) is 0 Å². The molecule has 0 aromatic rings. The molecular formula is C19H36O. The molecule has 2 aliphatic carbocycles. The number of fused-ring (bicyclic) bond motifs is 1. The Labute approximate surface area is 126 Å². The summed E-state index contributed by atoms with van der Waals surface area (Å²) in [7, 11) is 0. The molecule has 2 fully saturated rings. The maximum Gasteiger partial charge on any atom is 0.0543 e. The zero-order chi connectivity index (χ0) is 14.2. The predicted molar refractivity (Wildman–Crippen MR) is 86.8 cm³/mol. The molecule has 0 radical (unpaired) electrons. The maximum absolute atomic E-state index is 9.96. The molecule has 4 atom stereocenters. The van der Waals surface area contributed by atoms with Gasteiger partial charge in [-0.1, -0.05) is 77.6 Å². The molecule has 0 aliphatic heterocycles. The summed E-state index contributed by atoms with van der Waals surface area (Å²) in [6, 6.07) is 0. The Morgan fingerprint density at radius 2 is 1.60 bits per heavy atom. The van der Waals surface area contributed by atoms with Crippen molar-refractivity contribution in [1.82, 2.24) is 0 Å². The van der Waals surface area contributed by atoms with E-state index in [0.717, 1.165) is 30.6 Å². The molecule has 0 saturated heterocycles. The minimum atomic E-state index is 0.0193. The minimum absolute atomic E-state index is 0.0193. The predicted octanol–water partition coefficient (Wildman–Crippen LogP) is 5.70. The molecular weight excluding hydrogens is 244 g/mol. The molecule has 2 saturated carbocycles. The van der Waals surface area contributed by atoms with Crippen LogP contribution in [0.3, 0.4) is 0 Å². The zero-order valence-corrected chi connectivity index (χ0v) is 13.7. The molecule has 2 aliphatic rings. The number of aliphatic hydroxyl groups is 1. The van der Waals surface area contributed by atoms with Crippen LogP contribution in [0.4, 0.5) is 0 Å². The second-order valence-corrected chi connectivity index (χ2v) is 7.49. The number of hydrogen-bond donors (Lipinski definition) is 1. The Morgan fingerprint density at radius 3 is 2.40 bits per heavy atom. The first kappa shape index (κ1) is 16.3. The summed E-state index contributed by atoms with van der Waals surface area (Å²) in [6.07, 6.45) is 19.3. The molecule has 0 amide bonds. The average molecular weight is 280 g/mol. The molecule has 20 heavy (non-hydrogen) atoms. The molecule has 0 aromatic carbocycles. The highest BCUT2D eigenvalue weighted by Gasteiger charge is 2.36. The summed E-state index contributed by atoms with van der Waals surface area (Å²) in [6.45, 7) is 2.29. The molecule has 2 rings (SSSR count). The van der Waals surface area contributed by atoms with Crippen molar-refractivity contribution >= 4 is 0 Å². The first-order chi connectivity index (χ1) is 9.81. The van der Waals surface area contributed by atoms with E-state index in [2.05, 4.69) is 6.92 Å². The van der Waals surface area contributed by atoms with Gasteiger partial charge in [-0.3, -0.25) is 0 Å². The summed E-state index contributed by atoms with van der Waals surface area (Å²) >= 11 is 0. The van der Waals surface area contributed by atoms with Gasteiger partial charge in [0.1, 0.15) is 0 Å². The highest BCUT2D eigenvalue weighted by Crippen LogP contribution is 2.45. The van der Waals surface area contributed by atoms with E-state index in [4.69, 9.17) is 0 Å². The van der Waals surface area contributed by atoms with Gasteiger partial charge in [-0.25, -0.2) is 0 Å². The van der Waals surface area contributed by atoms with Crippen LogP contribution in [-0.2, 0) is 0 Å². The lowest BCUT2D eigenvalue weighted by molar-refractivity contribution is 0.0156. The molecule has 0 spiro atoms. The number of hydrogen-bond acceptors (Lipinski definition) is 1. The zero-order valence-electron chi connectivity index (χ0n) is 13.7. The van der Waals surface area contributed by atoms with Gasteiger partial charge in [0.25, 0.3) is 0 Å². The number of aliphatic hydroxyl groups excluding tert-OH is 1. The van der Waals surface area contributed by atoms with Crippen LogP contribution in [0.1, 0.15) is 96.8 Å². The highest BCUT2D eigenvalue weighted by molar-refractivity contribution is 4.87. The number of rotatable bonds is 8. The maximum atomic E-state index is 9.96. The highest BCUT2D eigenvalue weighted by atomic mass is 16.3. The van der Waals surface area contributed by atoms with Gasteiger partial charge in [0.15, 0.2) is 0 Å². The largest absolute Gasteiger partial charge is 0.393 e. The fourth-order valence-electron chi connectivity index (χ4n) is 4.76. The average Bonchev–Trinajstić information content (AvgIpc) is 2.46. The molecule has 4 unspecified atom stereocenters. The van der Waals surface area contributed by atoms with Crippen molar-refractivity contribution in [2.24, 2.45) is 17.8 Å². The van der Waals surface area contributed by atoms with Crippen molar-refractivity contribution < 1.29 is 5.11 Å².